The van der Waals surface area contributed by atoms with Crippen LogP contribution in [0.15, 0.2) is 30.6 Å². The molecule has 2 heterocycles. The van der Waals surface area contributed by atoms with Gasteiger partial charge in [-0.25, -0.2) is 4.98 Å². The first-order valence-corrected chi connectivity index (χ1v) is 8.35. The Morgan fingerprint density at radius 2 is 2.04 bits per heavy atom. The summed E-state index contributed by atoms with van der Waals surface area (Å²) in [5.41, 5.74) is 0.337. The molecule has 1 amide bonds. The fourth-order valence-electron chi connectivity index (χ4n) is 2.55. The number of carbonyl (C=O) groups excluding carboxylic acids is 1. The highest BCUT2D eigenvalue weighted by Crippen LogP contribution is 2.34. The fraction of sp³-hybridized carbons (Fsp3) is 0.294. The number of halogens is 3. The number of benzene rings is 1. The topological polar surface area (TPSA) is 96.8 Å². The lowest BCUT2D eigenvalue weighted by atomic mass is 10.2. The molecule has 3 rings (SSSR count). The maximum Gasteiger partial charge on any atom is 0.421 e. The van der Waals surface area contributed by atoms with Gasteiger partial charge in [0, 0.05) is 50.5 Å². The molecule has 0 atom stereocenters. The summed E-state index contributed by atoms with van der Waals surface area (Å²) < 4.78 is 41.3. The third kappa shape index (κ3) is 4.67. The van der Waals surface area contributed by atoms with Gasteiger partial charge < -0.3 is 16.0 Å². The molecule has 0 spiro atoms. The van der Waals surface area contributed by atoms with Gasteiger partial charge in [0.15, 0.2) is 0 Å². The quantitative estimate of drug-likeness (QED) is 0.557. The molecule has 28 heavy (non-hydrogen) atoms. The number of anilines is 3. The summed E-state index contributed by atoms with van der Waals surface area (Å²) in [6.45, 7) is 1.57. The second kappa shape index (κ2) is 7.71. The summed E-state index contributed by atoms with van der Waals surface area (Å²) in [6.07, 6.45) is -2.04. The van der Waals surface area contributed by atoms with Crippen molar-refractivity contribution in [3.8, 4) is 0 Å². The Hall–Kier alpha value is -3.37. The van der Waals surface area contributed by atoms with Gasteiger partial charge in [-0.05, 0) is 18.2 Å². The number of carbonyl (C=O) groups is 1. The first kappa shape index (κ1) is 19.4. The van der Waals surface area contributed by atoms with Crippen LogP contribution in [0, 0.1) is 0 Å². The van der Waals surface area contributed by atoms with Gasteiger partial charge in [0.1, 0.15) is 11.4 Å². The number of nitrogens with zero attached hydrogens (tertiary/aromatic N) is 4. The van der Waals surface area contributed by atoms with E-state index in [1.54, 1.807) is 23.9 Å². The van der Waals surface area contributed by atoms with Crippen LogP contribution >= 0.6 is 0 Å². The SMILES string of the molecule is CC(=O)NCCNc1nc(Nc2ccc3cn(C)nc3c2)ncc1C(F)(F)F. The molecule has 0 unspecified atom stereocenters. The van der Waals surface area contributed by atoms with Crippen molar-refractivity contribution in [3.63, 3.8) is 0 Å². The minimum absolute atomic E-state index is 0.00492. The van der Waals surface area contributed by atoms with Gasteiger partial charge >= 0.3 is 6.18 Å². The van der Waals surface area contributed by atoms with Crippen LogP contribution < -0.4 is 16.0 Å². The molecule has 0 saturated carbocycles. The summed E-state index contributed by atoms with van der Waals surface area (Å²) in [5, 5.41) is 13.2. The summed E-state index contributed by atoms with van der Waals surface area (Å²) >= 11 is 0. The van der Waals surface area contributed by atoms with E-state index in [1.165, 1.54) is 6.92 Å². The van der Waals surface area contributed by atoms with Gasteiger partial charge in [0.25, 0.3) is 0 Å². The molecule has 2 aromatic heterocycles. The van der Waals surface area contributed by atoms with E-state index in [0.717, 1.165) is 17.1 Å². The highest BCUT2D eigenvalue weighted by atomic mass is 19.4. The highest BCUT2D eigenvalue weighted by molar-refractivity contribution is 5.82. The predicted octanol–water partition coefficient (Wildman–Crippen LogP) is 2.67. The number of hydrogen-bond donors (Lipinski definition) is 3. The van der Waals surface area contributed by atoms with E-state index in [-0.39, 0.29) is 30.8 Å². The van der Waals surface area contributed by atoms with Crippen LogP contribution in [0.5, 0.6) is 0 Å². The molecule has 8 nitrogen and oxygen atoms in total. The van der Waals surface area contributed by atoms with Crippen LogP contribution in [0.1, 0.15) is 12.5 Å². The Labute approximate surface area is 158 Å². The lowest BCUT2D eigenvalue weighted by Gasteiger charge is -2.15. The molecule has 0 fully saturated rings. The van der Waals surface area contributed by atoms with Crippen LogP contribution in [0.4, 0.5) is 30.6 Å². The Kier molecular flexibility index (Phi) is 5.34. The molecule has 0 bridgehead atoms. The van der Waals surface area contributed by atoms with Crippen LogP contribution in [-0.4, -0.2) is 38.7 Å². The van der Waals surface area contributed by atoms with Gasteiger partial charge in [-0.3, -0.25) is 9.48 Å². The normalized spacial score (nSPS) is 11.5. The van der Waals surface area contributed by atoms with Gasteiger partial charge in [-0.1, -0.05) is 0 Å². The number of fused-ring (bicyclic) bond motifs is 1. The summed E-state index contributed by atoms with van der Waals surface area (Å²) in [4.78, 5) is 18.6. The van der Waals surface area contributed by atoms with Crippen molar-refractivity contribution in [2.24, 2.45) is 7.05 Å². The van der Waals surface area contributed by atoms with Crippen molar-refractivity contribution in [3.05, 3.63) is 36.2 Å². The average Bonchev–Trinajstić information content (AvgIpc) is 2.97. The van der Waals surface area contributed by atoms with E-state index in [1.807, 2.05) is 12.3 Å². The zero-order valence-electron chi connectivity index (χ0n) is 15.1. The van der Waals surface area contributed by atoms with Crippen LogP contribution in [0.3, 0.4) is 0 Å². The highest BCUT2D eigenvalue weighted by Gasteiger charge is 2.35. The number of nitrogens with one attached hydrogen (secondary N) is 3. The number of aryl methyl sites for hydroxylation is 1. The first-order valence-electron chi connectivity index (χ1n) is 8.35. The van der Waals surface area contributed by atoms with Crippen molar-refractivity contribution in [1.29, 1.82) is 0 Å². The van der Waals surface area contributed by atoms with Crippen LogP contribution in [-0.2, 0) is 18.0 Å². The number of alkyl halides is 3. The summed E-state index contributed by atoms with van der Waals surface area (Å²) in [5.74, 6) is -0.632. The number of hydrogen-bond acceptors (Lipinski definition) is 6. The minimum atomic E-state index is -4.61. The third-order valence-electron chi connectivity index (χ3n) is 3.76. The third-order valence-corrected chi connectivity index (χ3v) is 3.76. The molecule has 1 aromatic carbocycles. The van der Waals surface area contributed by atoms with E-state index in [4.69, 9.17) is 0 Å². The maximum absolute atomic E-state index is 13.2. The van der Waals surface area contributed by atoms with E-state index >= 15 is 0 Å². The fourth-order valence-corrected chi connectivity index (χ4v) is 2.55. The zero-order valence-corrected chi connectivity index (χ0v) is 15.1. The van der Waals surface area contributed by atoms with Crippen molar-refractivity contribution in [2.75, 3.05) is 23.7 Å². The largest absolute Gasteiger partial charge is 0.421 e. The molecule has 3 N–H and O–H groups in total. The number of amides is 1. The van der Waals surface area contributed by atoms with Crippen molar-refractivity contribution in [2.45, 2.75) is 13.1 Å². The van der Waals surface area contributed by atoms with E-state index in [2.05, 4.69) is 31.0 Å². The van der Waals surface area contributed by atoms with Gasteiger partial charge in [-0.15, -0.1) is 0 Å². The Morgan fingerprint density at radius 3 is 2.75 bits per heavy atom. The van der Waals surface area contributed by atoms with Gasteiger partial charge in [0.05, 0.1) is 5.52 Å². The molecule has 0 radical (unpaired) electrons. The van der Waals surface area contributed by atoms with Gasteiger partial charge in [-0.2, -0.15) is 23.3 Å². The van der Waals surface area contributed by atoms with E-state index < -0.39 is 11.7 Å². The summed E-state index contributed by atoms with van der Waals surface area (Å²) in [6, 6.07) is 5.34. The lowest BCUT2D eigenvalue weighted by Crippen LogP contribution is -2.27. The minimum Gasteiger partial charge on any atom is -0.368 e. The molecule has 0 aliphatic heterocycles. The molecular formula is C17H18F3N7O. The molecular weight excluding hydrogens is 375 g/mol. The lowest BCUT2D eigenvalue weighted by molar-refractivity contribution is -0.137. The standard InChI is InChI=1S/C17H18F3N7O/c1-10(28)21-5-6-22-15-13(17(18,19)20)8-23-16(25-15)24-12-4-3-11-9-27(2)26-14(11)7-12/h3-4,7-9H,5-6H2,1-2H3,(H,21,28)(H2,22,23,24,25). The summed E-state index contributed by atoms with van der Waals surface area (Å²) in [7, 11) is 1.80. The first-order chi connectivity index (χ1) is 13.2. The van der Waals surface area contributed by atoms with Crippen molar-refractivity contribution >= 4 is 34.3 Å². The Bertz CT molecular complexity index is 1000. The van der Waals surface area contributed by atoms with Gasteiger partial charge in [0.2, 0.25) is 11.9 Å². The molecule has 0 aliphatic rings. The predicted molar refractivity (Wildman–Crippen MR) is 98.2 cm³/mol. The van der Waals surface area contributed by atoms with Crippen LogP contribution in [0.2, 0.25) is 0 Å². The Morgan fingerprint density at radius 1 is 1.25 bits per heavy atom. The second-order valence-electron chi connectivity index (χ2n) is 6.06. The van der Waals surface area contributed by atoms with Crippen molar-refractivity contribution in [1.82, 2.24) is 25.1 Å². The molecule has 0 aliphatic carbocycles. The number of aromatic nitrogens is 4. The second-order valence-corrected chi connectivity index (χ2v) is 6.06. The monoisotopic (exact) mass is 393 g/mol. The number of rotatable bonds is 6. The average molecular weight is 393 g/mol. The smallest absolute Gasteiger partial charge is 0.368 e. The molecule has 148 valence electrons. The van der Waals surface area contributed by atoms with Crippen molar-refractivity contribution < 1.29 is 18.0 Å². The molecule has 0 saturated heterocycles. The van der Waals surface area contributed by atoms with E-state index in [9.17, 15) is 18.0 Å². The van der Waals surface area contributed by atoms with E-state index in [0.29, 0.717) is 5.69 Å². The molecule has 11 heteroatoms. The molecule has 3 aromatic rings. The Balaban J connectivity index is 1.81. The van der Waals surface area contributed by atoms with Crippen LogP contribution in [0.25, 0.3) is 10.9 Å². The zero-order chi connectivity index (χ0) is 20.3. The maximum atomic E-state index is 13.2.